The molecule has 2 unspecified atom stereocenters. The smallest absolute Gasteiger partial charge is 0.224 e. The average molecular weight is 345 g/mol. The van der Waals surface area contributed by atoms with Gasteiger partial charge in [-0.3, -0.25) is 4.79 Å². The normalized spacial score (nSPS) is 16.2. The highest BCUT2D eigenvalue weighted by atomic mass is 35.5. The Morgan fingerprint density at radius 3 is 2.83 bits per heavy atom. The van der Waals surface area contributed by atoms with E-state index in [9.17, 15) is 9.90 Å². The highest BCUT2D eigenvalue weighted by Crippen LogP contribution is 2.26. The molecule has 5 heteroatoms. The van der Waals surface area contributed by atoms with Crippen LogP contribution >= 0.6 is 11.6 Å². The molecule has 3 N–H and O–H groups in total. The van der Waals surface area contributed by atoms with Crippen molar-refractivity contribution >= 4 is 23.2 Å². The number of hydrogen-bond donors (Lipinski definition) is 3. The van der Waals surface area contributed by atoms with Gasteiger partial charge in [-0.05, 0) is 48.2 Å². The summed E-state index contributed by atoms with van der Waals surface area (Å²) in [5.74, 6) is 0.0751. The number of anilines is 1. The van der Waals surface area contributed by atoms with Gasteiger partial charge in [-0.15, -0.1) is 0 Å². The minimum Gasteiger partial charge on any atom is -0.387 e. The zero-order chi connectivity index (χ0) is 17.1. The van der Waals surface area contributed by atoms with Gasteiger partial charge in [0.05, 0.1) is 6.10 Å². The predicted molar refractivity (Wildman–Crippen MR) is 96.2 cm³/mol. The Labute approximate surface area is 146 Å². The lowest BCUT2D eigenvalue weighted by Gasteiger charge is -2.21. The maximum absolute atomic E-state index is 11.4. The molecule has 0 aliphatic carbocycles. The highest BCUT2D eigenvalue weighted by molar-refractivity contribution is 6.30. The number of rotatable bonds is 5. The molecule has 4 nitrogen and oxygen atoms in total. The van der Waals surface area contributed by atoms with Gasteiger partial charge in [0.15, 0.2) is 0 Å². The van der Waals surface area contributed by atoms with Crippen LogP contribution in [0.25, 0.3) is 0 Å². The van der Waals surface area contributed by atoms with E-state index in [4.69, 9.17) is 11.6 Å². The van der Waals surface area contributed by atoms with E-state index >= 15 is 0 Å². The number of aryl methyl sites for hydroxylation is 1. The van der Waals surface area contributed by atoms with Gasteiger partial charge < -0.3 is 15.7 Å². The number of hydrogen-bond acceptors (Lipinski definition) is 3. The first-order valence-corrected chi connectivity index (χ1v) is 8.50. The van der Waals surface area contributed by atoms with Crippen molar-refractivity contribution in [3.63, 3.8) is 0 Å². The van der Waals surface area contributed by atoms with Crippen LogP contribution < -0.4 is 10.6 Å². The number of carbonyl (C=O) groups is 1. The van der Waals surface area contributed by atoms with Crippen LogP contribution in [0.4, 0.5) is 5.69 Å². The summed E-state index contributed by atoms with van der Waals surface area (Å²) in [5, 5.41) is 17.2. The summed E-state index contributed by atoms with van der Waals surface area (Å²) < 4.78 is 0. The Bertz CT molecular complexity index is 748. The first-order valence-electron chi connectivity index (χ1n) is 8.12. The molecule has 126 valence electrons. The van der Waals surface area contributed by atoms with E-state index in [1.54, 1.807) is 12.1 Å². The second-order valence-corrected chi connectivity index (χ2v) is 6.60. The lowest BCUT2D eigenvalue weighted by molar-refractivity contribution is -0.116. The zero-order valence-electron chi connectivity index (χ0n) is 13.6. The molecule has 0 fully saturated rings. The van der Waals surface area contributed by atoms with Gasteiger partial charge in [-0.1, -0.05) is 35.9 Å². The summed E-state index contributed by atoms with van der Waals surface area (Å²) in [6.07, 6.45) is 0.696. The van der Waals surface area contributed by atoms with Gasteiger partial charge >= 0.3 is 0 Å². The van der Waals surface area contributed by atoms with E-state index in [0.717, 1.165) is 28.8 Å². The molecular formula is C19H21ClN2O2. The standard InChI is InChI=1S/C19H21ClN2O2/c1-12(21-11-18(23)15-3-2-4-16(20)10-15)13-5-7-17-14(9-13)6-8-19(24)22-17/h2-5,7,9-10,12,18,21,23H,6,8,11H2,1H3,(H,22,24). The Morgan fingerprint density at radius 2 is 2.04 bits per heavy atom. The summed E-state index contributed by atoms with van der Waals surface area (Å²) in [6, 6.07) is 13.5. The molecule has 1 heterocycles. The third-order valence-electron chi connectivity index (χ3n) is 4.38. The number of aliphatic hydroxyl groups is 1. The average Bonchev–Trinajstić information content (AvgIpc) is 2.58. The van der Waals surface area contributed by atoms with Crippen LogP contribution in [-0.4, -0.2) is 17.6 Å². The van der Waals surface area contributed by atoms with Crippen molar-refractivity contribution in [3.8, 4) is 0 Å². The maximum Gasteiger partial charge on any atom is 0.224 e. The number of fused-ring (bicyclic) bond motifs is 1. The fraction of sp³-hybridized carbons (Fsp3) is 0.316. The summed E-state index contributed by atoms with van der Waals surface area (Å²) in [4.78, 5) is 11.4. The van der Waals surface area contributed by atoms with Gasteiger partial charge in [-0.2, -0.15) is 0 Å². The zero-order valence-corrected chi connectivity index (χ0v) is 14.3. The van der Waals surface area contributed by atoms with E-state index in [0.29, 0.717) is 18.0 Å². The SMILES string of the molecule is CC(NCC(O)c1cccc(Cl)c1)c1ccc2c(c1)CCC(=O)N2. The highest BCUT2D eigenvalue weighted by Gasteiger charge is 2.17. The molecule has 2 aromatic carbocycles. The van der Waals surface area contributed by atoms with Gasteiger partial charge in [0.2, 0.25) is 5.91 Å². The number of aliphatic hydroxyl groups excluding tert-OH is 1. The molecule has 0 radical (unpaired) electrons. The third-order valence-corrected chi connectivity index (χ3v) is 4.61. The molecule has 24 heavy (non-hydrogen) atoms. The van der Waals surface area contributed by atoms with Crippen molar-refractivity contribution < 1.29 is 9.90 Å². The first kappa shape index (κ1) is 17.0. The van der Waals surface area contributed by atoms with Gasteiger partial charge in [-0.25, -0.2) is 0 Å². The van der Waals surface area contributed by atoms with Crippen LogP contribution in [0, 0.1) is 0 Å². The number of halogens is 1. The molecule has 1 aliphatic heterocycles. The lowest BCUT2D eigenvalue weighted by Crippen LogP contribution is -2.25. The van der Waals surface area contributed by atoms with Gasteiger partial charge in [0.25, 0.3) is 0 Å². The van der Waals surface area contributed by atoms with Crippen molar-refractivity contribution in [2.45, 2.75) is 31.9 Å². The van der Waals surface area contributed by atoms with E-state index in [1.807, 2.05) is 24.3 Å². The fourth-order valence-electron chi connectivity index (χ4n) is 2.91. The lowest BCUT2D eigenvalue weighted by atomic mass is 9.97. The Morgan fingerprint density at radius 1 is 1.21 bits per heavy atom. The summed E-state index contributed by atoms with van der Waals surface area (Å²) in [7, 11) is 0. The molecule has 3 rings (SSSR count). The van der Waals surface area contributed by atoms with Crippen LogP contribution in [0.1, 0.15) is 42.2 Å². The first-order chi connectivity index (χ1) is 11.5. The molecule has 1 aliphatic rings. The molecule has 1 amide bonds. The van der Waals surface area contributed by atoms with Crippen molar-refractivity contribution in [2.75, 3.05) is 11.9 Å². The third kappa shape index (κ3) is 3.96. The van der Waals surface area contributed by atoms with Crippen molar-refractivity contribution in [1.82, 2.24) is 5.32 Å². The van der Waals surface area contributed by atoms with Crippen LogP contribution in [0.15, 0.2) is 42.5 Å². The van der Waals surface area contributed by atoms with E-state index in [2.05, 4.69) is 23.6 Å². The topological polar surface area (TPSA) is 61.4 Å². The van der Waals surface area contributed by atoms with E-state index in [-0.39, 0.29) is 11.9 Å². The van der Waals surface area contributed by atoms with Crippen molar-refractivity contribution in [2.24, 2.45) is 0 Å². The number of carbonyl (C=O) groups excluding carboxylic acids is 1. The molecule has 0 saturated heterocycles. The summed E-state index contributed by atoms with van der Waals surface area (Å²) >= 11 is 5.96. The molecule has 0 saturated carbocycles. The molecule has 0 aromatic heterocycles. The Kier molecular flexibility index (Phi) is 5.19. The monoisotopic (exact) mass is 344 g/mol. The molecule has 0 spiro atoms. The minimum absolute atomic E-state index is 0.0751. The Hall–Kier alpha value is -1.88. The Balaban J connectivity index is 1.63. The predicted octanol–water partition coefficient (Wildman–Crippen LogP) is 3.61. The number of benzene rings is 2. The van der Waals surface area contributed by atoms with Gasteiger partial charge in [0.1, 0.15) is 0 Å². The minimum atomic E-state index is -0.608. The van der Waals surface area contributed by atoms with E-state index in [1.165, 1.54) is 0 Å². The molecule has 2 aromatic rings. The van der Waals surface area contributed by atoms with Crippen molar-refractivity contribution in [1.29, 1.82) is 0 Å². The van der Waals surface area contributed by atoms with Crippen LogP contribution in [0.3, 0.4) is 0 Å². The molecule has 0 bridgehead atoms. The summed E-state index contributed by atoms with van der Waals surface area (Å²) in [5.41, 5.74) is 4.01. The number of nitrogens with one attached hydrogen (secondary N) is 2. The van der Waals surface area contributed by atoms with E-state index < -0.39 is 6.10 Å². The largest absolute Gasteiger partial charge is 0.387 e. The van der Waals surface area contributed by atoms with Crippen LogP contribution in [0.2, 0.25) is 5.02 Å². The quantitative estimate of drug-likeness (QED) is 0.776. The fourth-order valence-corrected chi connectivity index (χ4v) is 3.11. The van der Waals surface area contributed by atoms with Gasteiger partial charge in [0, 0.05) is 29.7 Å². The second kappa shape index (κ2) is 7.34. The molecule has 2 atom stereocenters. The number of amides is 1. The van der Waals surface area contributed by atoms with Crippen LogP contribution in [-0.2, 0) is 11.2 Å². The summed E-state index contributed by atoms with van der Waals surface area (Å²) in [6.45, 7) is 2.50. The van der Waals surface area contributed by atoms with Crippen molar-refractivity contribution in [3.05, 3.63) is 64.2 Å². The second-order valence-electron chi connectivity index (χ2n) is 6.17. The molecular weight excluding hydrogens is 324 g/mol. The maximum atomic E-state index is 11.4. The van der Waals surface area contributed by atoms with Crippen LogP contribution in [0.5, 0.6) is 0 Å².